The van der Waals surface area contributed by atoms with Crippen molar-refractivity contribution in [3.63, 3.8) is 0 Å². The highest BCUT2D eigenvalue weighted by atomic mass is 35.5. The molecule has 1 aromatic carbocycles. The molecule has 0 aliphatic carbocycles. The number of benzene rings is 1. The molecule has 0 saturated carbocycles. The first-order valence-electron chi connectivity index (χ1n) is 6.60. The summed E-state index contributed by atoms with van der Waals surface area (Å²) < 4.78 is 0. The van der Waals surface area contributed by atoms with Gasteiger partial charge in [0.15, 0.2) is 0 Å². The molecule has 4 nitrogen and oxygen atoms in total. The van der Waals surface area contributed by atoms with Gasteiger partial charge in [0.2, 0.25) is 5.95 Å². The molecule has 3 rings (SSSR count). The maximum absolute atomic E-state index is 6.03. The second-order valence-corrected chi connectivity index (χ2v) is 5.54. The first-order chi connectivity index (χ1) is 10.6. The van der Waals surface area contributed by atoms with E-state index in [1.165, 1.54) is 0 Å². The maximum Gasteiger partial charge on any atom is 0.227 e. The molecule has 0 atom stereocenters. The van der Waals surface area contributed by atoms with E-state index in [-0.39, 0.29) is 0 Å². The number of rotatable bonds is 3. The van der Waals surface area contributed by atoms with Crippen molar-refractivity contribution in [3.05, 3.63) is 64.5 Å². The van der Waals surface area contributed by atoms with Crippen LogP contribution in [0.5, 0.6) is 0 Å². The topological polar surface area (TPSA) is 50.7 Å². The van der Waals surface area contributed by atoms with Gasteiger partial charge in [-0.2, -0.15) is 0 Å². The van der Waals surface area contributed by atoms with Gasteiger partial charge in [-0.25, -0.2) is 15.0 Å². The van der Waals surface area contributed by atoms with E-state index in [9.17, 15) is 0 Å². The Labute approximate surface area is 138 Å². The van der Waals surface area contributed by atoms with Crippen LogP contribution in [-0.4, -0.2) is 15.0 Å². The van der Waals surface area contributed by atoms with Gasteiger partial charge >= 0.3 is 0 Å². The van der Waals surface area contributed by atoms with Crippen LogP contribution in [0.25, 0.3) is 11.3 Å². The number of hydrogen-bond donors (Lipinski definition) is 1. The smallest absolute Gasteiger partial charge is 0.227 e. The first-order valence-corrected chi connectivity index (χ1v) is 7.35. The predicted molar refractivity (Wildman–Crippen MR) is 89.7 cm³/mol. The highest BCUT2D eigenvalue weighted by Gasteiger charge is 2.06. The molecule has 0 fully saturated rings. The summed E-state index contributed by atoms with van der Waals surface area (Å²) in [5, 5.41) is 4.27. The molecule has 0 spiro atoms. The average molecular weight is 331 g/mol. The zero-order valence-electron chi connectivity index (χ0n) is 11.7. The number of halogens is 2. The van der Waals surface area contributed by atoms with Gasteiger partial charge in [-0.1, -0.05) is 29.3 Å². The molecule has 0 bridgehead atoms. The largest absolute Gasteiger partial charge is 0.324 e. The maximum atomic E-state index is 6.03. The van der Waals surface area contributed by atoms with E-state index in [2.05, 4.69) is 20.3 Å². The number of hydrogen-bond acceptors (Lipinski definition) is 4. The number of nitrogens with zero attached hydrogens (tertiary/aromatic N) is 3. The monoisotopic (exact) mass is 330 g/mol. The summed E-state index contributed by atoms with van der Waals surface area (Å²) in [4.78, 5) is 12.7. The van der Waals surface area contributed by atoms with Crippen molar-refractivity contribution in [2.45, 2.75) is 6.92 Å². The molecule has 3 aromatic rings. The molecular formula is C16H12Cl2N4. The van der Waals surface area contributed by atoms with E-state index in [0.717, 1.165) is 22.5 Å². The van der Waals surface area contributed by atoms with Crippen molar-refractivity contribution in [1.82, 2.24) is 15.0 Å². The summed E-state index contributed by atoms with van der Waals surface area (Å²) >= 11 is 11.9. The second kappa shape index (κ2) is 6.30. The van der Waals surface area contributed by atoms with Crippen molar-refractivity contribution in [3.8, 4) is 11.3 Å². The molecule has 0 aliphatic heterocycles. The summed E-state index contributed by atoms with van der Waals surface area (Å²) in [5.41, 5.74) is 3.58. The van der Waals surface area contributed by atoms with Crippen LogP contribution in [-0.2, 0) is 0 Å². The molecule has 0 aliphatic rings. The van der Waals surface area contributed by atoms with Gasteiger partial charge in [0, 0.05) is 28.7 Å². The summed E-state index contributed by atoms with van der Waals surface area (Å²) in [6.45, 7) is 1.99. The zero-order chi connectivity index (χ0) is 15.5. The number of pyridine rings is 1. The number of anilines is 2. The Balaban J connectivity index is 1.93. The summed E-state index contributed by atoms with van der Waals surface area (Å²) in [5.74, 6) is 0.496. The van der Waals surface area contributed by atoms with Crippen molar-refractivity contribution in [2.75, 3.05) is 5.32 Å². The second-order valence-electron chi connectivity index (χ2n) is 4.72. The third kappa shape index (κ3) is 3.35. The number of aryl methyl sites for hydroxylation is 1. The van der Waals surface area contributed by atoms with Gasteiger partial charge in [0.05, 0.1) is 5.69 Å². The van der Waals surface area contributed by atoms with Crippen LogP contribution in [0.4, 0.5) is 11.6 Å². The lowest BCUT2D eigenvalue weighted by atomic mass is 10.2. The minimum atomic E-state index is 0.427. The van der Waals surface area contributed by atoms with Crippen LogP contribution in [0.15, 0.2) is 48.8 Å². The predicted octanol–water partition coefficient (Wildman–Crippen LogP) is 4.90. The Morgan fingerprint density at radius 1 is 0.955 bits per heavy atom. The van der Waals surface area contributed by atoms with Gasteiger partial charge in [-0.05, 0) is 42.8 Å². The minimum absolute atomic E-state index is 0.427. The Bertz CT molecular complexity index is 821. The lowest BCUT2D eigenvalue weighted by Gasteiger charge is -2.09. The zero-order valence-corrected chi connectivity index (χ0v) is 13.2. The normalized spacial score (nSPS) is 10.5. The Kier molecular flexibility index (Phi) is 4.22. The quantitative estimate of drug-likeness (QED) is 0.694. The summed E-state index contributed by atoms with van der Waals surface area (Å²) in [7, 11) is 0. The van der Waals surface area contributed by atoms with E-state index in [0.29, 0.717) is 16.1 Å². The molecule has 0 saturated heterocycles. The molecule has 22 heavy (non-hydrogen) atoms. The standard InChI is InChI=1S/C16H12Cl2N4/c1-10-2-3-12(17)9-14(10)22-16-20-7-5-13(21-16)11-4-6-19-15(18)8-11/h2-9H,1H3,(H,20,21,22). The number of aromatic nitrogens is 3. The van der Waals surface area contributed by atoms with E-state index in [4.69, 9.17) is 23.2 Å². The van der Waals surface area contributed by atoms with Crippen LogP contribution in [0.2, 0.25) is 10.2 Å². The van der Waals surface area contributed by atoms with Crippen molar-refractivity contribution in [2.24, 2.45) is 0 Å². The van der Waals surface area contributed by atoms with Crippen molar-refractivity contribution >= 4 is 34.8 Å². The molecule has 110 valence electrons. The Hall–Kier alpha value is -2.17. The van der Waals surface area contributed by atoms with Gasteiger partial charge < -0.3 is 5.32 Å². The molecule has 6 heteroatoms. The molecule has 0 radical (unpaired) electrons. The number of nitrogens with one attached hydrogen (secondary N) is 1. The van der Waals surface area contributed by atoms with Crippen LogP contribution >= 0.6 is 23.2 Å². The third-order valence-corrected chi connectivity index (χ3v) is 3.57. The summed E-state index contributed by atoms with van der Waals surface area (Å²) in [6, 6.07) is 11.1. The lowest BCUT2D eigenvalue weighted by molar-refractivity contribution is 1.16. The molecule has 2 heterocycles. The van der Waals surface area contributed by atoms with Gasteiger partial charge in [0.1, 0.15) is 5.15 Å². The molecular weight excluding hydrogens is 319 g/mol. The van der Waals surface area contributed by atoms with E-state index in [1.807, 2.05) is 37.3 Å². The fraction of sp³-hybridized carbons (Fsp3) is 0.0625. The Morgan fingerprint density at radius 3 is 2.59 bits per heavy atom. The van der Waals surface area contributed by atoms with Crippen LogP contribution < -0.4 is 5.32 Å². The van der Waals surface area contributed by atoms with E-state index >= 15 is 0 Å². The Morgan fingerprint density at radius 2 is 1.77 bits per heavy atom. The van der Waals surface area contributed by atoms with Crippen LogP contribution in [0, 0.1) is 6.92 Å². The van der Waals surface area contributed by atoms with E-state index < -0.39 is 0 Å². The van der Waals surface area contributed by atoms with Gasteiger partial charge in [-0.3, -0.25) is 0 Å². The van der Waals surface area contributed by atoms with Crippen molar-refractivity contribution in [1.29, 1.82) is 0 Å². The lowest BCUT2D eigenvalue weighted by Crippen LogP contribution is -1.99. The van der Waals surface area contributed by atoms with Crippen LogP contribution in [0.1, 0.15) is 5.56 Å². The summed E-state index contributed by atoms with van der Waals surface area (Å²) in [6.07, 6.45) is 3.34. The van der Waals surface area contributed by atoms with Crippen LogP contribution in [0.3, 0.4) is 0 Å². The highest BCUT2D eigenvalue weighted by Crippen LogP contribution is 2.24. The van der Waals surface area contributed by atoms with E-state index in [1.54, 1.807) is 18.5 Å². The molecule has 2 aromatic heterocycles. The molecule has 1 N–H and O–H groups in total. The highest BCUT2D eigenvalue weighted by molar-refractivity contribution is 6.31. The fourth-order valence-electron chi connectivity index (χ4n) is 1.99. The SMILES string of the molecule is Cc1ccc(Cl)cc1Nc1nccc(-c2ccnc(Cl)c2)n1. The first kappa shape index (κ1) is 14.8. The fourth-order valence-corrected chi connectivity index (χ4v) is 2.34. The average Bonchev–Trinajstić information content (AvgIpc) is 2.51. The van der Waals surface area contributed by atoms with Gasteiger partial charge in [-0.15, -0.1) is 0 Å². The molecule has 0 amide bonds. The van der Waals surface area contributed by atoms with Crippen molar-refractivity contribution < 1.29 is 0 Å². The molecule has 0 unspecified atom stereocenters. The van der Waals surface area contributed by atoms with Gasteiger partial charge in [0.25, 0.3) is 0 Å². The third-order valence-electron chi connectivity index (χ3n) is 3.12. The minimum Gasteiger partial charge on any atom is -0.324 e.